The van der Waals surface area contributed by atoms with Crippen molar-refractivity contribution in [3.05, 3.63) is 47.7 Å². The Hall–Kier alpha value is -2.97. The molecule has 0 bridgehead atoms. The molecule has 2 atom stereocenters. The third-order valence-electron chi connectivity index (χ3n) is 6.45. The quantitative estimate of drug-likeness (QED) is 0.466. The Bertz CT molecular complexity index is 1300. The van der Waals surface area contributed by atoms with E-state index in [1.165, 1.54) is 48.5 Å². The molecule has 196 valence electrons. The molecule has 1 saturated heterocycles. The number of nitrogens with zero attached hydrogens (tertiary/aromatic N) is 2. The fourth-order valence-electron chi connectivity index (χ4n) is 4.40. The molecule has 36 heavy (non-hydrogen) atoms. The molecular weight excluding hydrogens is 508 g/mol. The smallest absolute Gasteiger partial charge is 0.387 e. The van der Waals surface area contributed by atoms with Gasteiger partial charge < -0.3 is 15.2 Å². The largest absolute Gasteiger partial charge is 0.435 e. The van der Waals surface area contributed by atoms with Crippen molar-refractivity contribution < 1.29 is 40.6 Å². The van der Waals surface area contributed by atoms with Crippen molar-refractivity contribution in [2.24, 2.45) is 0 Å². The van der Waals surface area contributed by atoms with Gasteiger partial charge in [0.2, 0.25) is 0 Å². The monoisotopic (exact) mass is 532 g/mol. The third-order valence-corrected chi connectivity index (χ3v) is 8.60. The van der Waals surface area contributed by atoms with E-state index in [-0.39, 0.29) is 39.9 Å². The molecule has 0 aliphatic carbocycles. The Morgan fingerprint density at radius 3 is 2.50 bits per heavy atom. The van der Waals surface area contributed by atoms with E-state index in [1.54, 1.807) is 6.92 Å². The van der Waals surface area contributed by atoms with Gasteiger partial charge in [-0.1, -0.05) is 6.07 Å². The number of fused-ring (bicyclic) bond motifs is 1. The van der Waals surface area contributed by atoms with Crippen molar-refractivity contribution in [2.45, 2.75) is 50.5 Å². The number of pyridine rings is 1. The molecule has 2 unspecified atom stereocenters. The van der Waals surface area contributed by atoms with E-state index in [1.807, 2.05) is 0 Å². The Morgan fingerprint density at radius 1 is 1.25 bits per heavy atom. The van der Waals surface area contributed by atoms with Gasteiger partial charge in [-0.05, 0) is 39.0 Å². The van der Waals surface area contributed by atoms with Gasteiger partial charge >= 0.3 is 6.61 Å². The highest BCUT2D eigenvalue weighted by Gasteiger charge is 2.57. The van der Waals surface area contributed by atoms with Crippen LogP contribution in [0.4, 0.5) is 29.1 Å². The molecule has 0 radical (unpaired) electrons. The molecule has 9 nitrogen and oxygen atoms in total. The maximum atomic E-state index is 14.0. The van der Waals surface area contributed by atoms with Gasteiger partial charge in [-0.3, -0.25) is 9.80 Å². The number of nitrogens with one attached hydrogen (secondary N) is 2. The lowest BCUT2D eigenvalue weighted by Gasteiger charge is -2.40. The summed E-state index contributed by atoms with van der Waals surface area (Å²) in [7, 11) is -3.24. The number of rotatable bonds is 7. The molecule has 1 fully saturated rings. The Labute approximate surface area is 204 Å². The third kappa shape index (κ3) is 4.48. The SMILES string of the molecule is CC1(NC(=O)c2cnc3c(c2)C(C)(C(C)(O)C(F)F)NN3c2cccc(OC(F)F)c2)CS(=O)(=O)C1. The lowest BCUT2D eigenvalue weighted by Crippen LogP contribution is -2.63. The minimum atomic E-state index is -3.24. The number of aliphatic hydroxyl groups is 1. The topological polar surface area (TPSA) is 121 Å². The normalized spacial score (nSPS) is 23.7. The van der Waals surface area contributed by atoms with Gasteiger partial charge in [0.15, 0.2) is 15.7 Å². The van der Waals surface area contributed by atoms with E-state index < -0.39 is 45.5 Å². The number of benzene rings is 1. The Balaban J connectivity index is 1.75. The standard InChI is InChI=1S/C22H24F4N4O5S/c1-20(10-36(33,34)11-20)28-17(31)12-7-15-16(27-9-12)30(29-21(15,2)22(3,32)18(23)24)13-5-4-6-14(8-13)35-19(25)26/h4-9,18-19,29,32H,10-11H2,1-3H3,(H,28,31). The molecule has 0 saturated carbocycles. The number of halogens is 4. The van der Waals surface area contributed by atoms with Crippen LogP contribution in [0, 0.1) is 0 Å². The predicted octanol–water partition coefficient (Wildman–Crippen LogP) is 2.49. The summed E-state index contributed by atoms with van der Waals surface area (Å²) in [5.41, 5.74) is -2.57. The van der Waals surface area contributed by atoms with Crippen LogP contribution >= 0.6 is 0 Å². The zero-order valence-electron chi connectivity index (χ0n) is 19.4. The molecule has 4 rings (SSSR count). The van der Waals surface area contributed by atoms with Crippen LogP contribution in [-0.2, 0) is 15.4 Å². The van der Waals surface area contributed by atoms with Crippen LogP contribution in [0.25, 0.3) is 0 Å². The van der Waals surface area contributed by atoms with Crippen LogP contribution in [-0.4, -0.2) is 60.1 Å². The Morgan fingerprint density at radius 2 is 1.92 bits per heavy atom. The zero-order valence-corrected chi connectivity index (χ0v) is 20.2. The van der Waals surface area contributed by atoms with Crippen molar-refractivity contribution >= 4 is 27.2 Å². The van der Waals surface area contributed by atoms with Crippen LogP contribution in [0.2, 0.25) is 0 Å². The van der Waals surface area contributed by atoms with Crippen LogP contribution in [0.5, 0.6) is 5.75 Å². The summed E-state index contributed by atoms with van der Waals surface area (Å²) in [6.07, 6.45) is -2.06. The fourth-order valence-corrected chi connectivity index (χ4v) is 6.40. The van der Waals surface area contributed by atoms with E-state index >= 15 is 0 Å². The summed E-state index contributed by atoms with van der Waals surface area (Å²) in [5, 5.41) is 14.6. The van der Waals surface area contributed by atoms with Crippen molar-refractivity contribution in [2.75, 3.05) is 16.5 Å². The second-order valence-corrected chi connectivity index (χ2v) is 11.6. The minimum absolute atomic E-state index is 0.0343. The predicted molar refractivity (Wildman–Crippen MR) is 121 cm³/mol. The van der Waals surface area contributed by atoms with Crippen molar-refractivity contribution in [3.63, 3.8) is 0 Å². The molecule has 1 aromatic carbocycles. The summed E-state index contributed by atoms with van der Waals surface area (Å²) < 4.78 is 80.9. The summed E-state index contributed by atoms with van der Waals surface area (Å²) in [6, 6.07) is 6.68. The molecule has 2 aromatic rings. The molecule has 3 N–H and O–H groups in total. The zero-order chi connectivity index (χ0) is 26.7. The number of amides is 1. The lowest BCUT2D eigenvalue weighted by atomic mass is 9.78. The molecule has 2 aliphatic heterocycles. The number of carbonyl (C=O) groups is 1. The van der Waals surface area contributed by atoms with Crippen LogP contribution < -0.4 is 20.5 Å². The van der Waals surface area contributed by atoms with Gasteiger partial charge in [0, 0.05) is 17.8 Å². The van der Waals surface area contributed by atoms with Crippen LogP contribution in [0.1, 0.15) is 36.7 Å². The van der Waals surface area contributed by atoms with Crippen LogP contribution in [0.15, 0.2) is 36.5 Å². The molecule has 3 heterocycles. The molecule has 14 heteroatoms. The van der Waals surface area contributed by atoms with Gasteiger partial charge in [-0.2, -0.15) is 8.78 Å². The van der Waals surface area contributed by atoms with Crippen LogP contribution in [0.3, 0.4) is 0 Å². The number of anilines is 2. The fraction of sp³-hybridized carbons (Fsp3) is 0.455. The number of alkyl halides is 4. The number of hydrogen-bond acceptors (Lipinski definition) is 8. The molecule has 1 aromatic heterocycles. The van der Waals surface area contributed by atoms with Gasteiger partial charge in [0.1, 0.15) is 11.4 Å². The summed E-state index contributed by atoms with van der Waals surface area (Å²) in [5.74, 6) is -1.31. The van der Waals surface area contributed by atoms with Crippen molar-refractivity contribution in [1.82, 2.24) is 15.7 Å². The average Bonchev–Trinajstić information content (AvgIpc) is 3.05. The highest BCUT2D eigenvalue weighted by atomic mass is 32.2. The first-order valence-electron chi connectivity index (χ1n) is 10.7. The van der Waals surface area contributed by atoms with E-state index in [9.17, 15) is 35.9 Å². The van der Waals surface area contributed by atoms with E-state index in [2.05, 4.69) is 20.5 Å². The van der Waals surface area contributed by atoms with Gasteiger partial charge in [0.25, 0.3) is 12.3 Å². The second kappa shape index (κ2) is 8.56. The van der Waals surface area contributed by atoms with E-state index in [4.69, 9.17) is 0 Å². The molecule has 1 amide bonds. The van der Waals surface area contributed by atoms with Gasteiger partial charge in [-0.25, -0.2) is 27.6 Å². The maximum absolute atomic E-state index is 14.0. The number of sulfone groups is 1. The number of hydrogen-bond donors (Lipinski definition) is 3. The number of carbonyl (C=O) groups excluding carboxylic acids is 1. The van der Waals surface area contributed by atoms with Gasteiger partial charge in [-0.15, -0.1) is 0 Å². The highest BCUT2D eigenvalue weighted by molar-refractivity contribution is 7.93. The second-order valence-electron chi connectivity index (χ2n) is 9.54. The molecule has 2 aliphatic rings. The number of hydrazine groups is 1. The number of ether oxygens (including phenoxy) is 1. The molecule has 0 spiro atoms. The maximum Gasteiger partial charge on any atom is 0.387 e. The first kappa shape index (κ1) is 26.1. The van der Waals surface area contributed by atoms with Gasteiger partial charge in [0.05, 0.1) is 33.8 Å². The number of aromatic nitrogens is 1. The minimum Gasteiger partial charge on any atom is -0.435 e. The first-order chi connectivity index (χ1) is 16.6. The summed E-state index contributed by atoms with van der Waals surface area (Å²) >= 11 is 0. The summed E-state index contributed by atoms with van der Waals surface area (Å²) in [6.45, 7) is 0.689. The average molecular weight is 533 g/mol. The lowest BCUT2D eigenvalue weighted by molar-refractivity contribution is -0.136. The Kier molecular flexibility index (Phi) is 6.21. The molecular formula is C22H24F4N4O5S. The van der Waals surface area contributed by atoms with Crippen molar-refractivity contribution in [1.29, 1.82) is 0 Å². The summed E-state index contributed by atoms with van der Waals surface area (Å²) in [4.78, 5) is 17.1. The first-order valence-corrected chi connectivity index (χ1v) is 12.6. The highest BCUT2D eigenvalue weighted by Crippen LogP contribution is 2.47. The van der Waals surface area contributed by atoms with Crippen molar-refractivity contribution in [3.8, 4) is 5.75 Å². The van der Waals surface area contributed by atoms with E-state index in [0.29, 0.717) is 0 Å². The van der Waals surface area contributed by atoms with E-state index in [0.717, 1.165) is 6.92 Å².